The Hall–Kier alpha value is -2.09. The molecule has 0 saturated carbocycles. The number of para-hydroxylation sites is 1. The van der Waals surface area contributed by atoms with E-state index < -0.39 is 0 Å². The number of hydrogen-bond acceptors (Lipinski definition) is 2. The number of Topliss-reactive ketones (excluding diaryl/α,β-unsaturated/α-hetero) is 1. The van der Waals surface area contributed by atoms with Gasteiger partial charge in [0.1, 0.15) is 11.5 Å². The number of hydrogen-bond donors (Lipinski definition) is 0. The van der Waals surface area contributed by atoms with Crippen molar-refractivity contribution in [3.63, 3.8) is 0 Å². The van der Waals surface area contributed by atoms with Crippen LogP contribution in [0.15, 0.2) is 54.6 Å². The van der Waals surface area contributed by atoms with E-state index >= 15 is 0 Å². The van der Waals surface area contributed by atoms with E-state index in [1.54, 1.807) is 7.11 Å². The molecule has 0 N–H and O–H groups in total. The Balaban J connectivity index is 2.13. The van der Waals surface area contributed by atoms with Crippen molar-refractivity contribution < 1.29 is 9.53 Å². The van der Waals surface area contributed by atoms with Crippen LogP contribution in [0.5, 0.6) is 5.75 Å². The summed E-state index contributed by atoms with van der Waals surface area (Å²) in [5, 5.41) is 0. The standard InChI is InChI=1S/C17H18O2/c1-13(14-8-4-3-5-9-14)16(18)12-15-10-6-7-11-17(15)19-2/h3-11,13H,12H2,1-2H3. The van der Waals surface area contributed by atoms with Crippen LogP contribution in [-0.4, -0.2) is 12.9 Å². The van der Waals surface area contributed by atoms with E-state index in [1.165, 1.54) is 0 Å². The van der Waals surface area contributed by atoms with E-state index in [4.69, 9.17) is 4.74 Å². The monoisotopic (exact) mass is 254 g/mol. The molecule has 0 bridgehead atoms. The molecule has 0 aliphatic rings. The van der Waals surface area contributed by atoms with Crippen molar-refractivity contribution >= 4 is 5.78 Å². The molecule has 0 radical (unpaired) electrons. The van der Waals surface area contributed by atoms with Crippen LogP contribution in [0.1, 0.15) is 24.0 Å². The van der Waals surface area contributed by atoms with Crippen molar-refractivity contribution in [1.82, 2.24) is 0 Å². The smallest absolute Gasteiger partial charge is 0.144 e. The fourth-order valence-electron chi connectivity index (χ4n) is 2.12. The first kappa shape index (κ1) is 13.3. The Bertz CT molecular complexity index is 546. The van der Waals surface area contributed by atoms with Crippen LogP contribution in [0.2, 0.25) is 0 Å². The van der Waals surface area contributed by atoms with Gasteiger partial charge in [-0.2, -0.15) is 0 Å². The molecule has 0 aromatic heterocycles. The summed E-state index contributed by atoms with van der Waals surface area (Å²) >= 11 is 0. The number of methoxy groups -OCH3 is 1. The average Bonchev–Trinajstić information content (AvgIpc) is 2.48. The maximum atomic E-state index is 12.3. The average molecular weight is 254 g/mol. The Kier molecular flexibility index (Phi) is 4.35. The molecule has 2 rings (SSSR count). The third-order valence-corrected chi connectivity index (χ3v) is 3.34. The van der Waals surface area contributed by atoms with Gasteiger partial charge in [-0.15, -0.1) is 0 Å². The van der Waals surface area contributed by atoms with Gasteiger partial charge in [0, 0.05) is 17.9 Å². The zero-order valence-corrected chi connectivity index (χ0v) is 11.3. The molecule has 2 nitrogen and oxygen atoms in total. The molecule has 0 aliphatic heterocycles. The maximum Gasteiger partial charge on any atom is 0.144 e. The topological polar surface area (TPSA) is 26.3 Å². The van der Waals surface area contributed by atoms with Gasteiger partial charge >= 0.3 is 0 Å². The third kappa shape index (κ3) is 3.22. The summed E-state index contributed by atoms with van der Waals surface area (Å²) in [6.07, 6.45) is 0.403. The van der Waals surface area contributed by atoms with Gasteiger partial charge in [-0.3, -0.25) is 4.79 Å². The molecular weight excluding hydrogens is 236 g/mol. The molecule has 0 saturated heterocycles. The van der Waals surface area contributed by atoms with E-state index in [2.05, 4.69) is 0 Å². The first-order valence-corrected chi connectivity index (χ1v) is 6.42. The predicted molar refractivity (Wildman–Crippen MR) is 76.6 cm³/mol. The van der Waals surface area contributed by atoms with Gasteiger partial charge in [0.15, 0.2) is 0 Å². The van der Waals surface area contributed by atoms with E-state index in [1.807, 2.05) is 61.5 Å². The van der Waals surface area contributed by atoms with Gasteiger partial charge in [0.2, 0.25) is 0 Å². The Labute approximate surface area is 114 Å². The molecule has 1 atom stereocenters. The first-order chi connectivity index (χ1) is 9.22. The number of carbonyl (C=O) groups excluding carboxylic acids is 1. The summed E-state index contributed by atoms with van der Waals surface area (Å²) in [6.45, 7) is 1.95. The SMILES string of the molecule is COc1ccccc1CC(=O)C(C)c1ccccc1. The van der Waals surface area contributed by atoms with Crippen molar-refractivity contribution in [3.8, 4) is 5.75 Å². The second-order valence-electron chi connectivity index (χ2n) is 4.59. The van der Waals surface area contributed by atoms with Crippen molar-refractivity contribution in [1.29, 1.82) is 0 Å². The van der Waals surface area contributed by atoms with Crippen LogP contribution < -0.4 is 4.74 Å². The van der Waals surface area contributed by atoms with Gasteiger partial charge in [-0.25, -0.2) is 0 Å². The van der Waals surface area contributed by atoms with E-state index in [0.29, 0.717) is 6.42 Å². The van der Waals surface area contributed by atoms with Crippen LogP contribution in [-0.2, 0) is 11.2 Å². The summed E-state index contributed by atoms with van der Waals surface area (Å²) in [6, 6.07) is 17.5. The van der Waals surface area contributed by atoms with Crippen molar-refractivity contribution in [2.75, 3.05) is 7.11 Å². The van der Waals surface area contributed by atoms with Crippen LogP contribution in [0.3, 0.4) is 0 Å². The number of ether oxygens (including phenoxy) is 1. The molecule has 2 aromatic carbocycles. The number of benzene rings is 2. The van der Waals surface area contributed by atoms with Crippen molar-refractivity contribution in [2.24, 2.45) is 0 Å². The van der Waals surface area contributed by atoms with Gasteiger partial charge in [0.05, 0.1) is 7.11 Å². The Morgan fingerprint density at radius 3 is 2.37 bits per heavy atom. The minimum atomic E-state index is -0.0916. The lowest BCUT2D eigenvalue weighted by atomic mass is 9.92. The molecule has 0 heterocycles. The fraction of sp³-hybridized carbons (Fsp3) is 0.235. The van der Waals surface area contributed by atoms with Gasteiger partial charge in [-0.05, 0) is 11.6 Å². The van der Waals surface area contributed by atoms with Gasteiger partial charge < -0.3 is 4.74 Å². The molecule has 0 aliphatic carbocycles. The summed E-state index contributed by atoms with van der Waals surface area (Å²) in [5.41, 5.74) is 2.00. The first-order valence-electron chi connectivity index (χ1n) is 6.42. The largest absolute Gasteiger partial charge is 0.496 e. The summed E-state index contributed by atoms with van der Waals surface area (Å²) in [5.74, 6) is 0.887. The highest BCUT2D eigenvalue weighted by Crippen LogP contribution is 2.22. The number of rotatable bonds is 5. The minimum Gasteiger partial charge on any atom is -0.496 e. The van der Waals surface area contributed by atoms with E-state index in [9.17, 15) is 4.79 Å². The zero-order chi connectivity index (χ0) is 13.7. The number of ketones is 1. The highest BCUT2D eigenvalue weighted by atomic mass is 16.5. The lowest BCUT2D eigenvalue weighted by Gasteiger charge is -2.12. The molecule has 98 valence electrons. The highest BCUT2D eigenvalue weighted by Gasteiger charge is 2.16. The summed E-state index contributed by atoms with van der Waals surface area (Å²) in [7, 11) is 1.63. The second-order valence-corrected chi connectivity index (χ2v) is 4.59. The molecule has 0 fully saturated rings. The minimum absolute atomic E-state index is 0.0916. The molecule has 1 unspecified atom stereocenters. The second kappa shape index (κ2) is 6.19. The quantitative estimate of drug-likeness (QED) is 0.814. The molecule has 0 amide bonds. The fourth-order valence-corrected chi connectivity index (χ4v) is 2.12. The number of carbonyl (C=O) groups is 1. The van der Waals surface area contributed by atoms with Crippen LogP contribution in [0.4, 0.5) is 0 Å². The maximum absolute atomic E-state index is 12.3. The lowest BCUT2D eigenvalue weighted by Crippen LogP contribution is -2.12. The molecule has 19 heavy (non-hydrogen) atoms. The Morgan fingerprint density at radius 1 is 1.05 bits per heavy atom. The van der Waals surface area contributed by atoms with Crippen LogP contribution in [0.25, 0.3) is 0 Å². The summed E-state index contributed by atoms with van der Waals surface area (Å²) in [4.78, 5) is 12.3. The van der Waals surface area contributed by atoms with Crippen molar-refractivity contribution in [3.05, 3.63) is 65.7 Å². The van der Waals surface area contributed by atoms with Crippen LogP contribution in [0, 0.1) is 0 Å². The lowest BCUT2D eigenvalue weighted by molar-refractivity contribution is -0.119. The molecule has 2 aromatic rings. The Morgan fingerprint density at radius 2 is 1.68 bits per heavy atom. The van der Waals surface area contributed by atoms with E-state index in [0.717, 1.165) is 16.9 Å². The van der Waals surface area contributed by atoms with Gasteiger partial charge in [0.25, 0.3) is 0 Å². The van der Waals surface area contributed by atoms with Gasteiger partial charge in [-0.1, -0.05) is 55.5 Å². The van der Waals surface area contributed by atoms with Crippen molar-refractivity contribution in [2.45, 2.75) is 19.3 Å². The molecular formula is C17H18O2. The predicted octanol–water partition coefficient (Wildman–Crippen LogP) is 3.61. The normalized spacial score (nSPS) is 11.9. The summed E-state index contributed by atoms with van der Waals surface area (Å²) < 4.78 is 5.28. The molecule has 2 heteroatoms. The highest BCUT2D eigenvalue weighted by molar-refractivity contribution is 5.87. The zero-order valence-electron chi connectivity index (χ0n) is 11.3. The molecule has 0 spiro atoms. The van der Waals surface area contributed by atoms with E-state index in [-0.39, 0.29) is 11.7 Å². The third-order valence-electron chi connectivity index (χ3n) is 3.34. The van der Waals surface area contributed by atoms with Crippen LogP contribution >= 0.6 is 0 Å².